The van der Waals surface area contributed by atoms with Crippen LogP contribution in [0.1, 0.15) is 40.1 Å². The van der Waals surface area contributed by atoms with E-state index >= 15 is 0 Å². The summed E-state index contributed by atoms with van der Waals surface area (Å²) in [7, 11) is 3.43. The maximum atomic E-state index is 13.0. The number of carbonyl (C=O) groups is 2. The predicted molar refractivity (Wildman–Crippen MR) is 143 cm³/mol. The van der Waals surface area contributed by atoms with E-state index in [0.717, 1.165) is 45.2 Å². The van der Waals surface area contributed by atoms with Crippen LogP contribution in [0.15, 0.2) is 59.3 Å². The summed E-state index contributed by atoms with van der Waals surface area (Å²) in [6.45, 7) is 5.92. The summed E-state index contributed by atoms with van der Waals surface area (Å²) in [5.41, 5.74) is 7.15. The van der Waals surface area contributed by atoms with Crippen molar-refractivity contribution in [3.8, 4) is 11.1 Å². The van der Waals surface area contributed by atoms with E-state index in [-0.39, 0.29) is 11.8 Å². The van der Waals surface area contributed by atoms with Gasteiger partial charge in [0, 0.05) is 50.8 Å². The minimum absolute atomic E-state index is 0.0966. The van der Waals surface area contributed by atoms with Crippen LogP contribution >= 0.6 is 0 Å². The monoisotopic (exact) mass is 497 g/mol. The Hall–Kier alpha value is -4.20. The van der Waals surface area contributed by atoms with Crippen molar-refractivity contribution < 1.29 is 14.0 Å². The van der Waals surface area contributed by atoms with Crippen LogP contribution in [-0.4, -0.2) is 63.8 Å². The number of amides is 2. The first-order valence-corrected chi connectivity index (χ1v) is 12.5. The molecule has 0 unspecified atom stereocenters. The fourth-order valence-electron chi connectivity index (χ4n) is 4.98. The molecule has 3 heterocycles. The fraction of sp³-hybridized carbons (Fsp3) is 0.310. The van der Waals surface area contributed by atoms with Gasteiger partial charge < -0.3 is 14.2 Å². The largest absolute Gasteiger partial charge is 0.450 e. The van der Waals surface area contributed by atoms with E-state index in [1.165, 1.54) is 4.90 Å². The average molecular weight is 498 g/mol. The number of aromatic nitrogens is 3. The molecule has 0 bridgehead atoms. The van der Waals surface area contributed by atoms with Gasteiger partial charge in [-0.3, -0.25) is 14.3 Å². The van der Waals surface area contributed by atoms with Crippen LogP contribution in [0.3, 0.4) is 0 Å². The molecule has 8 nitrogen and oxygen atoms in total. The van der Waals surface area contributed by atoms with Crippen LogP contribution in [0.2, 0.25) is 0 Å². The summed E-state index contributed by atoms with van der Waals surface area (Å²) >= 11 is 0. The van der Waals surface area contributed by atoms with Crippen LogP contribution in [0, 0.1) is 13.8 Å². The molecule has 8 heteroatoms. The number of hydrogen-bond acceptors (Lipinski definition) is 5. The Balaban J connectivity index is 1.52. The molecule has 5 rings (SSSR count). The lowest BCUT2D eigenvalue weighted by atomic mass is 9.90. The summed E-state index contributed by atoms with van der Waals surface area (Å²) in [5, 5.41) is 8.63. The van der Waals surface area contributed by atoms with E-state index < -0.39 is 0 Å². The van der Waals surface area contributed by atoms with Crippen LogP contribution in [0.25, 0.3) is 27.7 Å². The van der Waals surface area contributed by atoms with Crippen LogP contribution in [0.4, 0.5) is 0 Å². The average Bonchev–Trinajstić information content (AvgIpc) is 3.56. The number of nitrogens with zero attached hydrogens (tertiary/aromatic N) is 5. The van der Waals surface area contributed by atoms with Gasteiger partial charge in [-0.1, -0.05) is 29.5 Å². The molecule has 0 fully saturated rings. The molecule has 0 atom stereocenters. The highest BCUT2D eigenvalue weighted by Gasteiger charge is 2.23. The molecule has 37 heavy (non-hydrogen) atoms. The van der Waals surface area contributed by atoms with Gasteiger partial charge in [0.2, 0.25) is 5.91 Å². The Bertz CT molecular complexity index is 1480. The quantitative estimate of drug-likeness (QED) is 0.385. The fourth-order valence-corrected chi connectivity index (χ4v) is 4.98. The Morgan fingerprint density at radius 3 is 2.59 bits per heavy atom. The minimum Gasteiger partial charge on any atom is -0.450 e. The van der Waals surface area contributed by atoms with E-state index in [2.05, 4.69) is 54.5 Å². The van der Waals surface area contributed by atoms with E-state index in [1.807, 2.05) is 17.0 Å². The molecule has 0 N–H and O–H groups in total. The maximum absolute atomic E-state index is 13.0. The summed E-state index contributed by atoms with van der Waals surface area (Å²) in [5.74, 6) is 0.234. The lowest BCUT2D eigenvalue weighted by molar-refractivity contribution is -0.131. The van der Waals surface area contributed by atoms with Crippen LogP contribution in [0.5, 0.6) is 0 Å². The van der Waals surface area contributed by atoms with Crippen molar-refractivity contribution in [2.24, 2.45) is 0 Å². The van der Waals surface area contributed by atoms with Gasteiger partial charge in [0.15, 0.2) is 5.76 Å². The highest BCUT2D eigenvalue weighted by Crippen LogP contribution is 2.38. The third kappa shape index (κ3) is 4.91. The molecule has 2 amide bonds. The van der Waals surface area contributed by atoms with Gasteiger partial charge in [-0.05, 0) is 66.3 Å². The predicted octanol–water partition coefficient (Wildman–Crippen LogP) is 4.72. The van der Waals surface area contributed by atoms with Crippen molar-refractivity contribution in [1.29, 1.82) is 0 Å². The topological polar surface area (TPSA) is 84.5 Å². The molecule has 0 saturated carbocycles. The van der Waals surface area contributed by atoms with E-state index in [9.17, 15) is 9.59 Å². The molecule has 0 spiro atoms. The lowest BCUT2D eigenvalue weighted by Crippen LogP contribution is -2.35. The molecule has 2 aromatic heterocycles. The number of rotatable bonds is 6. The van der Waals surface area contributed by atoms with Crippen LogP contribution in [-0.2, 0) is 11.3 Å². The SMILES string of the molecule is Cc1cccc(C)c1-c1cc(C2=CCCN(C(=O)CCn3ccnn3)C2)cc2cc(C(=O)N(C)C)oc12. The summed E-state index contributed by atoms with van der Waals surface area (Å²) in [6, 6.07) is 12.3. The molecule has 0 aliphatic carbocycles. The molecule has 4 aromatic rings. The van der Waals surface area contributed by atoms with Crippen molar-refractivity contribution in [3.05, 3.63) is 77.3 Å². The molecule has 0 radical (unpaired) electrons. The molecule has 190 valence electrons. The highest BCUT2D eigenvalue weighted by atomic mass is 16.3. The first-order chi connectivity index (χ1) is 17.8. The standard InChI is InChI=1S/C29H31N5O3/c1-19-7-5-8-20(2)27(19)24-16-22(15-23-17-25(37-28(23)24)29(36)32(3)4)21-9-6-12-33(18-21)26(35)10-13-34-14-11-30-31-34/h5,7-9,11,14-17H,6,10,12-13,18H2,1-4H3. The highest BCUT2D eigenvalue weighted by molar-refractivity contribution is 6.02. The third-order valence-electron chi connectivity index (χ3n) is 6.88. The van der Waals surface area contributed by atoms with Gasteiger partial charge >= 0.3 is 0 Å². The first kappa shape index (κ1) is 24.5. The van der Waals surface area contributed by atoms with E-state index in [4.69, 9.17) is 4.42 Å². The molecule has 1 aliphatic heterocycles. The normalized spacial score (nSPS) is 13.6. The van der Waals surface area contributed by atoms with Gasteiger partial charge in [-0.2, -0.15) is 0 Å². The Labute approximate surface area is 216 Å². The third-order valence-corrected chi connectivity index (χ3v) is 6.88. The minimum atomic E-state index is -0.175. The zero-order valence-corrected chi connectivity index (χ0v) is 21.7. The smallest absolute Gasteiger partial charge is 0.289 e. The Morgan fingerprint density at radius 2 is 1.89 bits per heavy atom. The number of aryl methyl sites for hydroxylation is 3. The van der Waals surface area contributed by atoms with Crippen molar-refractivity contribution in [2.45, 2.75) is 33.2 Å². The second-order valence-corrected chi connectivity index (χ2v) is 9.77. The molecule has 1 aliphatic rings. The number of fused-ring (bicyclic) bond motifs is 1. The second-order valence-electron chi connectivity index (χ2n) is 9.77. The number of carbonyl (C=O) groups excluding carboxylic acids is 2. The molecular weight excluding hydrogens is 466 g/mol. The van der Waals surface area contributed by atoms with E-state index in [0.29, 0.717) is 37.4 Å². The number of furan rings is 1. The van der Waals surface area contributed by atoms with Gasteiger partial charge in [-0.15, -0.1) is 5.10 Å². The van der Waals surface area contributed by atoms with Crippen molar-refractivity contribution in [1.82, 2.24) is 24.8 Å². The second kappa shape index (κ2) is 10.0. The number of benzene rings is 2. The summed E-state index contributed by atoms with van der Waals surface area (Å²) in [6.07, 6.45) is 6.75. The summed E-state index contributed by atoms with van der Waals surface area (Å²) in [4.78, 5) is 29.1. The van der Waals surface area contributed by atoms with E-state index in [1.54, 1.807) is 31.2 Å². The molecule has 0 saturated heterocycles. The molecular formula is C29H31N5O3. The van der Waals surface area contributed by atoms with Crippen molar-refractivity contribution in [3.63, 3.8) is 0 Å². The summed E-state index contributed by atoms with van der Waals surface area (Å²) < 4.78 is 7.84. The van der Waals surface area contributed by atoms with Gasteiger partial charge in [0.25, 0.3) is 5.91 Å². The number of hydrogen-bond donors (Lipinski definition) is 0. The maximum Gasteiger partial charge on any atom is 0.289 e. The van der Waals surface area contributed by atoms with Gasteiger partial charge in [0.05, 0.1) is 12.7 Å². The van der Waals surface area contributed by atoms with Crippen LogP contribution < -0.4 is 0 Å². The van der Waals surface area contributed by atoms with Gasteiger partial charge in [0.1, 0.15) is 5.58 Å². The van der Waals surface area contributed by atoms with Crippen molar-refractivity contribution >= 4 is 28.4 Å². The zero-order valence-electron chi connectivity index (χ0n) is 21.7. The Kier molecular flexibility index (Phi) is 6.65. The first-order valence-electron chi connectivity index (χ1n) is 12.5. The van der Waals surface area contributed by atoms with Crippen molar-refractivity contribution in [2.75, 3.05) is 27.2 Å². The zero-order chi connectivity index (χ0) is 26.1. The molecule has 2 aromatic carbocycles. The van der Waals surface area contributed by atoms with Gasteiger partial charge in [-0.25, -0.2) is 0 Å². The Morgan fingerprint density at radius 1 is 1.11 bits per heavy atom. The lowest BCUT2D eigenvalue weighted by Gasteiger charge is -2.28.